The van der Waals surface area contributed by atoms with Crippen LogP contribution in [-0.4, -0.2) is 7.54 Å². The van der Waals surface area contributed by atoms with Crippen molar-refractivity contribution in [3.8, 4) is 0 Å². The van der Waals surface area contributed by atoms with Gasteiger partial charge in [0.1, 0.15) is 6.26 Å². The van der Waals surface area contributed by atoms with E-state index in [9.17, 15) is 12.9 Å². The van der Waals surface area contributed by atoms with Crippen molar-refractivity contribution in [2.24, 2.45) is 0 Å². The fourth-order valence-electron chi connectivity index (χ4n) is 0.258. The molecular formula is C4H5BF3NO. The highest BCUT2D eigenvalue weighted by atomic mass is 19.4. The average Bonchev–Trinajstić information content (AvgIpc) is 1.90. The molecule has 0 aromatic carbocycles. The van der Waals surface area contributed by atoms with Crippen LogP contribution in [0.3, 0.4) is 0 Å². The maximum absolute atomic E-state index is 9.67. The molecule has 0 bridgehead atoms. The molecule has 0 unspecified atom stereocenters. The quantitative estimate of drug-likeness (QED) is 0.528. The normalized spacial score (nSPS) is 12.3. The van der Waals surface area contributed by atoms with Gasteiger partial charge in [0.25, 0.3) is 0 Å². The minimum absolute atomic E-state index is 1.57. The summed E-state index contributed by atoms with van der Waals surface area (Å²) in [6.45, 7) is 0. The monoisotopic (exact) mass is 151 g/mol. The summed E-state index contributed by atoms with van der Waals surface area (Å²) in [4.78, 5) is 4.55. The van der Waals surface area contributed by atoms with E-state index < -0.39 is 7.54 Å². The van der Waals surface area contributed by atoms with Gasteiger partial charge in [-0.3, -0.25) is 12.9 Å². The van der Waals surface area contributed by atoms with E-state index >= 15 is 0 Å². The van der Waals surface area contributed by atoms with Gasteiger partial charge >= 0.3 is 7.54 Å². The van der Waals surface area contributed by atoms with E-state index in [0.29, 0.717) is 0 Å². The number of hydroxylamine groups is 1. The zero-order chi connectivity index (χ0) is 7.82. The zero-order valence-corrected chi connectivity index (χ0v) is 4.93. The lowest BCUT2D eigenvalue weighted by molar-refractivity contribution is 0.172. The van der Waals surface area contributed by atoms with Crippen molar-refractivity contribution in [1.82, 2.24) is 5.48 Å². The predicted molar refractivity (Wildman–Crippen MR) is 31.6 cm³/mol. The molecule has 0 aromatic rings. The van der Waals surface area contributed by atoms with Gasteiger partial charge < -0.3 is 4.84 Å². The van der Waals surface area contributed by atoms with Crippen LogP contribution in [0.4, 0.5) is 12.9 Å². The summed E-state index contributed by atoms with van der Waals surface area (Å²) in [6.07, 6.45) is 6.93. The Morgan fingerprint density at radius 3 is 1.90 bits per heavy atom. The summed E-state index contributed by atoms with van der Waals surface area (Å²) in [6, 6.07) is 0. The van der Waals surface area contributed by atoms with Gasteiger partial charge in [-0.1, -0.05) is 0 Å². The van der Waals surface area contributed by atoms with Gasteiger partial charge in [-0.15, -0.1) is 0 Å². The Bertz CT molecular complexity index is 113. The molecule has 0 radical (unpaired) electrons. The Balaban J connectivity index is 0.000000180. The number of hydrogen-bond acceptors (Lipinski definition) is 2. The second kappa shape index (κ2) is 6.06. The Morgan fingerprint density at radius 1 is 1.20 bits per heavy atom. The SMILES string of the molecule is C1=CNOC=C1.FB(F)F. The molecule has 56 valence electrons. The van der Waals surface area contributed by atoms with Crippen molar-refractivity contribution in [1.29, 1.82) is 0 Å². The van der Waals surface area contributed by atoms with Crippen LogP contribution in [0, 0.1) is 0 Å². The number of rotatable bonds is 0. The largest absolute Gasteiger partial charge is 0.762 e. The smallest absolute Gasteiger partial charge is 0.391 e. The molecule has 0 spiro atoms. The molecule has 1 aliphatic rings. The molecular weight excluding hydrogens is 146 g/mol. The number of nitrogens with one attached hydrogen (secondary N) is 1. The van der Waals surface area contributed by atoms with E-state index in [2.05, 4.69) is 10.3 Å². The summed E-state index contributed by atoms with van der Waals surface area (Å²) in [5, 5.41) is 0. The fourth-order valence-corrected chi connectivity index (χ4v) is 0.258. The first-order valence-electron chi connectivity index (χ1n) is 2.38. The number of halogens is 3. The van der Waals surface area contributed by atoms with Gasteiger partial charge in [0, 0.05) is 6.20 Å². The van der Waals surface area contributed by atoms with Crippen LogP contribution < -0.4 is 5.48 Å². The Labute approximate surface area is 56.5 Å². The molecule has 0 amide bonds. The minimum atomic E-state index is -3.67. The lowest BCUT2D eigenvalue weighted by atomic mass is 10.5. The predicted octanol–water partition coefficient (Wildman–Crippen LogP) is 1.43. The van der Waals surface area contributed by atoms with Crippen LogP contribution in [0.5, 0.6) is 0 Å². The van der Waals surface area contributed by atoms with Crippen molar-refractivity contribution in [3.05, 3.63) is 24.6 Å². The molecule has 6 heteroatoms. The van der Waals surface area contributed by atoms with E-state index in [-0.39, 0.29) is 0 Å². The highest BCUT2D eigenvalue weighted by Crippen LogP contribution is 1.81. The van der Waals surface area contributed by atoms with Crippen molar-refractivity contribution in [2.75, 3.05) is 0 Å². The molecule has 0 saturated heterocycles. The summed E-state index contributed by atoms with van der Waals surface area (Å²) in [7, 11) is -3.67. The highest BCUT2D eigenvalue weighted by Gasteiger charge is 2.06. The van der Waals surface area contributed by atoms with Crippen LogP contribution in [0.2, 0.25) is 0 Å². The Kier molecular flexibility index (Phi) is 5.42. The van der Waals surface area contributed by atoms with E-state index in [4.69, 9.17) is 0 Å². The molecule has 0 atom stereocenters. The first-order valence-corrected chi connectivity index (χ1v) is 2.38. The standard InChI is InChI=1S/C4H5NO.BF3/c1-2-4-6-5-3-1;2-1(3)4/h1-5H;. The molecule has 1 aliphatic heterocycles. The Hall–Kier alpha value is -1.07. The molecule has 0 saturated carbocycles. The highest BCUT2D eigenvalue weighted by molar-refractivity contribution is 6.33. The molecule has 2 nitrogen and oxygen atoms in total. The van der Waals surface area contributed by atoms with E-state index in [1.54, 1.807) is 18.5 Å². The van der Waals surface area contributed by atoms with Gasteiger partial charge in [-0.25, -0.2) is 5.48 Å². The van der Waals surface area contributed by atoms with Crippen LogP contribution in [0.15, 0.2) is 24.6 Å². The van der Waals surface area contributed by atoms with Gasteiger partial charge in [0.05, 0.1) is 0 Å². The summed E-state index contributed by atoms with van der Waals surface area (Å²) in [5.41, 5.74) is 2.52. The van der Waals surface area contributed by atoms with Crippen molar-refractivity contribution < 1.29 is 17.8 Å². The maximum atomic E-state index is 9.67. The molecule has 0 fully saturated rings. The summed E-state index contributed by atoms with van der Waals surface area (Å²) in [5.74, 6) is 0. The van der Waals surface area contributed by atoms with Crippen molar-refractivity contribution >= 4 is 7.54 Å². The third-order valence-electron chi connectivity index (χ3n) is 0.490. The lowest BCUT2D eigenvalue weighted by Crippen LogP contribution is -2.01. The second-order valence-electron chi connectivity index (χ2n) is 1.17. The van der Waals surface area contributed by atoms with Crippen LogP contribution in [0.1, 0.15) is 0 Å². The van der Waals surface area contributed by atoms with Gasteiger partial charge in [-0.05, 0) is 12.2 Å². The van der Waals surface area contributed by atoms with Gasteiger partial charge in [0.15, 0.2) is 0 Å². The van der Waals surface area contributed by atoms with Crippen LogP contribution in [-0.2, 0) is 4.84 Å². The first kappa shape index (κ1) is 8.93. The van der Waals surface area contributed by atoms with Crippen LogP contribution in [0.25, 0.3) is 0 Å². The number of hydrogen-bond donors (Lipinski definition) is 1. The third kappa shape index (κ3) is 10.0. The van der Waals surface area contributed by atoms with E-state index in [1.165, 1.54) is 0 Å². The maximum Gasteiger partial charge on any atom is 0.762 e. The van der Waals surface area contributed by atoms with E-state index in [0.717, 1.165) is 0 Å². The summed E-state index contributed by atoms with van der Waals surface area (Å²) >= 11 is 0. The van der Waals surface area contributed by atoms with E-state index in [1.807, 2.05) is 6.08 Å². The van der Waals surface area contributed by atoms with Crippen molar-refractivity contribution in [2.45, 2.75) is 0 Å². The zero-order valence-electron chi connectivity index (χ0n) is 4.93. The number of allylic oxidation sites excluding steroid dienone is 2. The van der Waals surface area contributed by atoms with Crippen molar-refractivity contribution in [3.63, 3.8) is 0 Å². The van der Waals surface area contributed by atoms with Gasteiger partial charge in [-0.2, -0.15) is 0 Å². The molecule has 10 heavy (non-hydrogen) atoms. The fraction of sp³-hybridized carbons (Fsp3) is 0. The average molecular weight is 151 g/mol. The Morgan fingerprint density at radius 2 is 1.80 bits per heavy atom. The van der Waals surface area contributed by atoms with Gasteiger partial charge in [0.2, 0.25) is 0 Å². The molecule has 1 heterocycles. The molecule has 1 N–H and O–H groups in total. The lowest BCUT2D eigenvalue weighted by Gasteiger charge is -1.97. The second-order valence-corrected chi connectivity index (χ2v) is 1.17. The summed E-state index contributed by atoms with van der Waals surface area (Å²) < 4.78 is 29.0. The molecule has 1 rings (SSSR count). The van der Waals surface area contributed by atoms with Crippen LogP contribution >= 0.6 is 0 Å². The minimum Gasteiger partial charge on any atom is -0.391 e. The first-order chi connectivity index (χ1) is 4.73. The molecule has 0 aromatic heterocycles. The molecule has 0 aliphatic carbocycles. The topological polar surface area (TPSA) is 21.3 Å². The third-order valence-corrected chi connectivity index (χ3v) is 0.490.